The van der Waals surface area contributed by atoms with Crippen molar-refractivity contribution in [3.8, 4) is 0 Å². The molecule has 2 aromatic rings. The van der Waals surface area contributed by atoms with E-state index in [1.165, 1.54) is 0 Å². The molecule has 4 heteroatoms. The highest BCUT2D eigenvalue weighted by Gasteiger charge is 2.17. The van der Waals surface area contributed by atoms with Crippen molar-refractivity contribution in [1.29, 1.82) is 0 Å². The van der Waals surface area contributed by atoms with Gasteiger partial charge in [0.2, 0.25) is 5.91 Å². The summed E-state index contributed by atoms with van der Waals surface area (Å²) in [5.74, 6) is 0.744. The normalized spacial score (nSPS) is 13.2. The third-order valence-electron chi connectivity index (χ3n) is 3.54. The molecule has 0 bridgehead atoms. The van der Waals surface area contributed by atoms with Crippen LogP contribution in [0.25, 0.3) is 5.57 Å². The minimum absolute atomic E-state index is 0.0179. The lowest BCUT2D eigenvalue weighted by Crippen LogP contribution is -2.33. The molecule has 1 unspecified atom stereocenters. The molecular formula is C18H22N2O2. The summed E-state index contributed by atoms with van der Waals surface area (Å²) in [6.45, 7) is 2.43. The number of benzene rings is 1. The average Bonchev–Trinajstić information content (AvgIpc) is 3.02. The quantitative estimate of drug-likeness (QED) is 0.834. The molecule has 1 amide bonds. The number of rotatable bonds is 6. The number of furan rings is 1. The summed E-state index contributed by atoms with van der Waals surface area (Å²) in [7, 11) is 3.93. The maximum atomic E-state index is 12.1. The molecule has 1 heterocycles. The van der Waals surface area contributed by atoms with E-state index in [1.807, 2.05) is 68.4 Å². The summed E-state index contributed by atoms with van der Waals surface area (Å²) in [4.78, 5) is 14.1. The van der Waals surface area contributed by atoms with Crippen LogP contribution in [0.3, 0.4) is 0 Å². The van der Waals surface area contributed by atoms with Crippen LogP contribution in [-0.4, -0.2) is 31.4 Å². The van der Waals surface area contributed by atoms with Crippen molar-refractivity contribution < 1.29 is 9.21 Å². The Bertz CT molecular complexity index is 616. The Kier molecular flexibility index (Phi) is 5.55. The van der Waals surface area contributed by atoms with Gasteiger partial charge in [0.05, 0.1) is 12.3 Å². The molecular weight excluding hydrogens is 276 g/mol. The number of carbonyl (C=O) groups is 1. The first-order chi connectivity index (χ1) is 10.6. The summed E-state index contributed by atoms with van der Waals surface area (Å²) in [6.07, 6.45) is 3.28. The Balaban J connectivity index is 1.97. The minimum Gasteiger partial charge on any atom is -0.468 e. The van der Waals surface area contributed by atoms with Crippen molar-refractivity contribution in [2.45, 2.75) is 13.0 Å². The van der Waals surface area contributed by atoms with Crippen molar-refractivity contribution in [3.05, 3.63) is 66.1 Å². The molecule has 1 atom stereocenters. The van der Waals surface area contributed by atoms with E-state index in [-0.39, 0.29) is 11.9 Å². The molecule has 1 N–H and O–H groups in total. The molecule has 0 aliphatic rings. The Labute approximate surface area is 131 Å². The number of amides is 1. The molecule has 22 heavy (non-hydrogen) atoms. The van der Waals surface area contributed by atoms with Gasteiger partial charge in [-0.3, -0.25) is 9.69 Å². The first-order valence-corrected chi connectivity index (χ1v) is 7.29. The Morgan fingerprint density at radius 2 is 1.95 bits per heavy atom. The number of carbonyl (C=O) groups excluding carboxylic acids is 1. The van der Waals surface area contributed by atoms with Gasteiger partial charge in [-0.05, 0) is 44.3 Å². The number of nitrogens with one attached hydrogen (secondary N) is 1. The van der Waals surface area contributed by atoms with Crippen LogP contribution in [0, 0.1) is 0 Å². The van der Waals surface area contributed by atoms with Gasteiger partial charge < -0.3 is 9.73 Å². The lowest BCUT2D eigenvalue weighted by atomic mass is 10.1. The summed E-state index contributed by atoms with van der Waals surface area (Å²) in [5, 5.41) is 2.94. The van der Waals surface area contributed by atoms with E-state index >= 15 is 0 Å². The van der Waals surface area contributed by atoms with Crippen LogP contribution >= 0.6 is 0 Å². The molecule has 2 rings (SSSR count). The monoisotopic (exact) mass is 298 g/mol. The smallest absolute Gasteiger partial charge is 0.244 e. The summed E-state index contributed by atoms with van der Waals surface area (Å²) < 4.78 is 5.43. The lowest BCUT2D eigenvalue weighted by molar-refractivity contribution is -0.116. The van der Waals surface area contributed by atoms with Gasteiger partial charge in [-0.15, -0.1) is 0 Å². The van der Waals surface area contributed by atoms with E-state index in [2.05, 4.69) is 5.32 Å². The van der Waals surface area contributed by atoms with Gasteiger partial charge >= 0.3 is 0 Å². The van der Waals surface area contributed by atoms with Crippen LogP contribution < -0.4 is 5.32 Å². The van der Waals surface area contributed by atoms with Gasteiger partial charge in [0, 0.05) is 12.6 Å². The van der Waals surface area contributed by atoms with Crippen LogP contribution in [0.4, 0.5) is 0 Å². The molecule has 0 spiro atoms. The molecule has 1 aromatic carbocycles. The van der Waals surface area contributed by atoms with E-state index in [4.69, 9.17) is 4.42 Å². The van der Waals surface area contributed by atoms with E-state index in [9.17, 15) is 4.79 Å². The predicted octanol–water partition coefficient (Wildman–Crippen LogP) is 3.10. The zero-order valence-electron chi connectivity index (χ0n) is 13.2. The number of allylic oxidation sites excluding steroid dienone is 1. The molecule has 0 radical (unpaired) electrons. The van der Waals surface area contributed by atoms with Gasteiger partial charge in [0.25, 0.3) is 0 Å². The van der Waals surface area contributed by atoms with Crippen LogP contribution in [0.1, 0.15) is 24.3 Å². The molecule has 116 valence electrons. The molecule has 0 saturated heterocycles. The number of nitrogens with zero attached hydrogens (tertiary/aromatic N) is 1. The Morgan fingerprint density at radius 3 is 2.55 bits per heavy atom. The fourth-order valence-electron chi connectivity index (χ4n) is 2.25. The third kappa shape index (κ3) is 4.33. The van der Waals surface area contributed by atoms with Gasteiger partial charge in [-0.25, -0.2) is 0 Å². The summed E-state index contributed by atoms with van der Waals surface area (Å²) >= 11 is 0. The third-order valence-corrected chi connectivity index (χ3v) is 3.54. The topological polar surface area (TPSA) is 45.5 Å². The SMILES string of the molecule is C/C(=C\C(=O)NCC(c1ccco1)N(C)C)c1ccccc1. The standard InChI is InChI=1S/C18H22N2O2/c1-14(15-8-5-4-6-9-15)12-18(21)19-13-16(20(2)3)17-10-7-11-22-17/h4-12,16H,13H2,1-3H3,(H,19,21)/b14-12+. The van der Waals surface area contributed by atoms with Crippen LogP contribution in [0.5, 0.6) is 0 Å². The van der Waals surface area contributed by atoms with Crippen LogP contribution in [0.15, 0.2) is 59.2 Å². The van der Waals surface area contributed by atoms with Gasteiger partial charge in [-0.1, -0.05) is 30.3 Å². The fourth-order valence-corrected chi connectivity index (χ4v) is 2.25. The second kappa shape index (κ2) is 7.61. The molecule has 0 aliphatic heterocycles. The van der Waals surface area contributed by atoms with Gasteiger partial charge in [0.1, 0.15) is 5.76 Å². The number of hydrogen-bond acceptors (Lipinski definition) is 3. The van der Waals surface area contributed by atoms with E-state index in [0.29, 0.717) is 6.54 Å². The molecule has 4 nitrogen and oxygen atoms in total. The highest BCUT2D eigenvalue weighted by molar-refractivity contribution is 5.94. The summed E-state index contributed by atoms with van der Waals surface area (Å²) in [6, 6.07) is 13.7. The average molecular weight is 298 g/mol. The van der Waals surface area contributed by atoms with Crippen molar-refractivity contribution in [2.75, 3.05) is 20.6 Å². The van der Waals surface area contributed by atoms with Crippen molar-refractivity contribution in [2.24, 2.45) is 0 Å². The number of likely N-dealkylation sites (N-methyl/N-ethyl adjacent to an activating group) is 1. The Hall–Kier alpha value is -2.33. The maximum absolute atomic E-state index is 12.1. The van der Waals surface area contributed by atoms with E-state index in [0.717, 1.165) is 16.9 Å². The van der Waals surface area contributed by atoms with Crippen molar-refractivity contribution in [1.82, 2.24) is 10.2 Å². The predicted molar refractivity (Wildman–Crippen MR) is 88.2 cm³/mol. The summed E-state index contributed by atoms with van der Waals surface area (Å²) in [5.41, 5.74) is 1.99. The molecule has 0 fully saturated rings. The van der Waals surface area contributed by atoms with Crippen LogP contribution in [0.2, 0.25) is 0 Å². The second-order valence-corrected chi connectivity index (χ2v) is 5.43. The molecule has 0 aliphatic carbocycles. The Morgan fingerprint density at radius 1 is 1.23 bits per heavy atom. The van der Waals surface area contributed by atoms with Crippen molar-refractivity contribution in [3.63, 3.8) is 0 Å². The van der Waals surface area contributed by atoms with Crippen LogP contribution in [-0.2, 0) is 4.79 Å². The van der Waals surface area contributed by atoms with E-state index in [1.54, 1.807) is 12.3 Å². The van der Waals surface area contributed by atoms with Gasteiger partial charge in [-0.2, -0.15) is 0 Å². The first kappa shape index (κ1) is 16.0. The van der Waals surface area contributed by atoms with Crippen molar-refractivity contribution >= 4 is 11.5 Å². The van der Waals surface area contributed by atoms with Gasteiger partial charge in [0.15, 0.2) is 0 Å². The highest BCUT2D eigenvalue weighted by Crippen LogP contribution is 2.17. The zero-order chi connectivity index (χ0) is 15.9. The minimum atomic E-state index is -0.0974. The van der Waals surface area contributed by atoms with E-state index < -0.39 is 0 Å². The largest absolute Gasteiger partial charge is 0.468 e. The first-order valence-electron chi connectivity index (χ1n) is 7.29. The molecule has 1 aromatic heterocycles. The lowest BCUT2D eigenvalue weighted by Gasteiger charge is -2.22. The fraction of sp³-hybridized carbons (Fsp3) is 0.278. The number of hydrogen-bond donors (Lipinski definition) is 1. The second-order valence-electron chi connectivity index (χ2n) is 5.43. The zero-order valence-corrected chi connectivity index (χ0v) is 13.2. The highest BCUT2D eigenvalue weighted by atomic mass is 16.3. The molecule has 0 saturated carbocycles. The maximum Gasteiger partial charge on any atom is 0.244 e.